The van der Waals surface area contributed by atoms with Crippen LogP contribution in [0, 0.1) is 0 Å². The van der Waals surface area contributed by atoms with Crippen LogP contribution in [0.3, 0.4) is 0 Å². The van der Waals surface area contributed by atoms with Crippen LogP contribution in [-0.2, 0) is 18.3 Å². The maximum Gasteiger partial charge on any atom is 0.416 e. The Kier molecular flexibility index (Phi) is 4.70. The molecule has 0 amide bonds. The molecule has 6 heteroatoms. The van der Waals surface area contributed by atoms with Crippen molar-refractivity contribution in [3.8, 4) is 0 Å². The molecule has 0 aliphatic carbocycles. The van der Waals surface area contributed by atoms with E-state index >= 15 is 0 Å². The van der Waals surface area contributed by atoms with Crippen LogP contribution < -0.4 is 5.32 Å². The third kappa shape index (κ3) is 4.30. The van der Waals surface area contributed by atoms with Crippen molar-refractivity contribution in [2.45, 2.75) is 25.2 Å². The first-order valence-corrected chi connectivity index (χ1v) is 7.30. The monoisotopic (exact) mass is 315 g/mol. The number of thiophene rings is 1. The van der Waals surface area contributed by atoms with Gasteiger partial charge in [0.25, 0.3) is 0 Å². The minimum absolute atomic E-state index is 0.328. The maximum atomic E-state index is 12.4. The maximum absolute atomic E-state index is 12.4. The third-order valence-corrected chi connectivity index (χ3v) is 4.25. The largest absolute Gasteiger partial charge is 0.416 e. The molecule has 0 aliphatic rings. The second-order valence-corrected chi connectivity index (χ2v) is 6.00. The first-order valence-electron chi connectivity index (χ1n) is 6.42. The summed E-state index contributed by atoms with van der Waals surface area (Å²) in [6.45, 7) is 2.44. The predicted octanol–water partition coefficient (Wildman–Crippen LogP) is 3.76. The van der Waals surface area contributed by atoms with Gasteiger partial charge in [-0.1, -0.05) is 18.2 Å². The van der Waals surface area contributed by atoms with Crippen LogP contribution in [0.1, 0.15) is 22.9 Å². The summed E-state index contributed by atoms with van der Waals surface area (Å²) in [5.74, 6) is 0. The zero-order valence-corrected chi connectivity index (χ0v) is 12.3. The molecule has 114 valence electrons. The van der Waals surface area contributed by atoms with E-state index in [1.807, 2.05) is 17.5 Å². The molecule has 1 aromatic carbocycles. The molecule has 21 heavy (non-hydrogen) atoms. The van der Waals surface area contributed by atoms with Crippen molar-refractivity contribution in [1.29, 1.82) is 0 Å². The molecule has 0 saturated heterocycles. The van der Waals surface area contributed by atoms with Gasteiger partial charge < -0.3 is 10.4 Å². The molecule has 0 bridgehead atoms. The zero-order chi connectivity index (χ0) is 15.5. The summed E-state index contributed by atoms with van der Waals surface area (Å²) < 4.78 is 37.3. The fraction of sp³-hybridized carbons (Fsp3) is 0.333. The van der Waals surface area contributed by atoms with Crippen molar-refractivity contribution in [2.75, 3.05) is 6.54 Å². The van der Waals surface area contributed by atoms with Crippen molar-refractivity contribution in [2.24, 2.45) is 0 Å². The van der Waals surface area contributed by atoms with Gasteiger partial charge in [-0.15, -0.1) is 11.3 Å². The average molecular weight is 315 g/mol. The second kappa shape index (κ2) is 6.17. The topological polar surface area (TPSA) is 32.3 Å². The van der Waals surface area contributed by atoms with Crippen LogP contribution in [0.15, 0.2) is 41.8 Å². The highest BCUT2D eigenvalue weighted by atomic mass is 32.1. The van der Waals surface area contributed by atoms with Gasteiger partial charge >= 0.3 is 6.18 Å². The molecule has 2 N–H and O–H groups in total. The highest BCUT2D eigenvalue weighted by Gasteiger charge is 2.30. The van der Waals surface area contributed by atoms with E-state index in [1.54, 1.807) is 6.92 Å². The Morgan fingerprint density at radius 3 is 2.33 bits per heavy atom. The fourth-order valence-corrected chi connectivity index (χ4v) is 2.72. The molecule has 2 aromatic rings. The Labute approximate surface area is 125 Å². The number of halogens is 3. The molecular weight excluding hydrogens is 299 g/mol. The molecule has 0 spiro atoms. The summed E-state index contributed by atoms with van der Waals surface area (Å²) in [7, 11) is 0. The van der Waals surface area contributed by atoms with E-state index in [0.29, 0.717) is 13.1 Å². The van der Waals surface area contributed by atoms with Gasteiger partial charge in [0.1, 0.15) is 5.60 Å². The summed E-state index contributed by atoms with van der Waals surface area (Å²) in [5.41, 5.74) is -0.901. The van der Waals surface area contributed by atoms with E-state index in [4.69, 9.17) is 0 Å². The normalized spacial score (nSPS) is 14.9. The van der Waals surface area contributed by atoms with Crippen LogP contribution in [0.25, 0.3) is 0 Å². The van der Waals surface area contributed by atoms with E-state index < -0.39 is 17.3 Å². The van der Waals surface area contributed by atoms with Crippen LogP contribution in [0.4, 0.5) is 13.2 Å². The minimum atomic E-state index is -4.31. The number of hydrogen-bond donors (Lipinski definition) is 2. The fourth-order valence-electron chi connectivity index (χ4n) is 1.93. The number of hydrogen-bond acceptors (Lipinski definition) is 3. The van der Waals surface area contributed by atoms with Crippen LogP contribution in [-0.4, -0.2) is 11.7 Å². The molecule has 0 aliphatic heterocycles. The highest BCUT2D eigenvalue weighted by molar-refractivity contribution is 7.10. The van der Waals surface area contributed by atoms with E-state index in [0.717, 1.165) is 22.6 Å². The summed E-state index contributed by atoms with van der Waals surface area (Å²) in [4.78, 5) is 0.849. The van der Waals surface area contributed by atoms with Crippen molar-refractivity contribution >= 4 is 11.3 Å². The first-order chi connectivity index (χ1) is 9.79. The van der Waals surface area contributed by atoms with Gasteiger partial charge in [0.2, 0.25) is 0 Å². The van der Waals surface area contributed by atoms with E-state index in [1.165, 1.54) is 23.5 Å². The van der Waals surface area contributed by atoms with E-state index in [9.17, 15) is 18.3 Å². The van der Waals surface area contributed by atoms with Crippen molar-refractivity contribution in [1.82, 2.24) is 5.32 Å². The van der Waals surface area contributed by atoms with Crippen LogP contribution in [0.5, 0.6) is 0 Å². The Balaban J connectivity index is 1.89. The lowest BCUT2D eigenvalue weighted by Crippen LogP contribution is -2.34. The molecule has 1 atom stereocenters. The van der Waals surface area contributed by atoms with Gasteiger partial charge in [-0.2, -0.15) is 13.2 Å². The molecule has 1 aromatic heterocycles. The molecule has 2 rings (SSSR count). The highest BCUT2D eigenvalue weighted by Crippen LogP contribution is 2.29. The predicted molar refractivity (Wildman–Crippen MR) is 77.0 cm³/mol. The number of aliphatic hydroxyl groups is 1. The lowest BCUT2D eigenvalue weighted by molar-refractivity contribution is -0.137. The lowest BCUT2D eigenvalue weighted by atomic mass is 10.0. The lowest BCUT2D eigenvalue weighted by Gasteiger charge is -2.22. The van der Waals surface area contributed by atoms with Gasteiger partial charge in [-0.05, 0) is 36.1 Å². The molecule has 0 radical (unpaired) electrons. The van der Waals surface area contributed by atoms with Crippen LogP contribution in [0.2, 0.25) is 0 Å². The molecule has 0 fully saturated rings. The van der Waals surface area contributed by atoms with Gasteiger partial charge in [0, 0.05) is 18.0 Å². The van der Waals surface area contributed by atoms with Gasteiger partial charge in [0.05, 0.1) is 5.56 Å². The minimum Gasteiger partial charge on any atom is -0.383 e. The van der Waals surface area contributed by atoms with Crippen molar-refractivity contribution < 1.29 is 18.3 Å². The van der Waals surface area contributed by atoms with Gasteiger partial charge in [-0.25, -0.2) is 0 Å². The summed E-state index contributed by atoms with van der Waals surface area (Å²) in [6, 6.07) is 8.73. The van der Waals surface area contributed by atoms with Crippen LogP contribution >= 0.6 is 11.3 Å². The molecular formula is C15H16F3NOS. The SMILES string of the molecule is CC(O)(CNCc1ccc(C(F)(F)F)cc1)c1cccs1. The molecule has 1 unspecified atom stereocenters. The second-order valence-electron chi connectivity index (χ2n) is 5.05. The number of rotatable bonds is 5. The average Bonchev–Trinajstić information content (AvgIpc) is 2.92. The van der Waals surface area contributed by atoms with Gasteiger partial charge in [-0.3, -0.25) is 0 Å². The van der Waals surface area contributed by atoms with E-state index in [2.05, 4.69) is 5.32 Å². The Hall–Kier alpha value is -1.37. The first kappa shape index (κ1) is 16.0. The van der Waals surface area contributed by atoms with E-state index in [-0.39, 0.29) is 0 Å². The molecule has 1 heterocycles. The Morgan fingerprint density at radius 2 is 1.81 bits per heavy atom. The standard InChI is InChI=1S/C15H16F3NOS/c1-14(20,13-3-2-8-21-13)10-19-9-11-4-6-12(7-5-11)15(16,17)18/h2-8,19-20H,9-10H2,1H3. The summed E-state index contributed by atoms with van der Waals surface area (Å²) in [6.07, 6.45) is -4.31. The Bertz CT molecular complexity index is 562. The number of benzene rings is 1. The van der Waals surface area contributed by atoms with Crippen molar-refractivity contribution in [3.05, 3.63) is 57.8 Å². The smallest absolute Gasteiger partial charge is 0.383 e. The number of nitrogens with one attached hydrogen (secondary N) is 1. The van der Waals surface area contributed by atoms with Crippen molar-refractivity contribution in [3.63, 3.8) is 0 Å². The van der Waals surface area contributed by atoms with Gasteiger partial charge in [0.15, 0.2) is 0 Å². The number of alkyl halides is 3. The summed E-state index contributed by atoms with van der Waals surface area (Å²) >= 11 is 1.47. The zero-order valence-electron chi connectivity index (χ0n) is 11.4. The Morgan fingerprint density at radius 1 is 1.14 bits per heavy atom. The quantitative estimate of drug-likeness (QED) is 0.880. The molecule has 0 saturated carbocycles. The third-order valence-electron chi connectivity index (χ3n) is 3.13. The molecule has 2 nitrogen and oxygen atoms in total. The summed E-state index contributed by atoms with van der Waals surface area (Å²) in [5, 5.41) is 15.3.